The van der Waals surface area contributed by atoms with Crippen molar-refractivity contribution in [2.24, 2.45) is 0 Å². The number of carbonyl (C=O) groups excluding carboxylic acids is 2. The Hall–Kier alpha value is -3.58. The minimum absolute atomic E-state index is 0.0227. The molecule has 2 N–H and O–H groups in total. The molecular formula is C23H29N5O5. The highest BCUT2D eigenvalue weighted by atomic mass is 16.5. The molecule has 1 saturated heterocycles. The Labute approximate surface area is 192 Å². The maximum absolute atomic E-state index is 12.9. The SMILES string of the molecule is COc1cc(OC)cc(C(C(C)=O)c2nn(C3CCNC3)c(NCCOC(C)=O)c2C#N)c1. The Kier molecular flexibility index (Phi) is 7.90. The van der Waals surface area contributed by atoms with Crippen LogP contribution in [0.1, 0.15) is 49.0 Å². The number of hydrogen-bond acceptors (Lipinski definition) is 9. The summed E-state index contributed by atoms with van der Waals surface area (Å²) in [6, 6.07) is 7.47. The molecule has 3 rings (SSSR count). The molecule has 1 aliphatic rings. The molecular weight excluding hydrogens is 426 g/mol. The molecule has 2 aromatic rings. The molecule has 2 unspecified atom stereocenters. The van der Waals surface area contributed by atoms with Gasteiger partial charge in [0.2, 0.25) is 0 Å². The Morgan fingerprint density at radius 3 is 2.48 bits per heavy atom. The van der Waals surface area contributed by atoms with Crippen molar-refractivity contribution >= 4 is 17.6 Å². The predicted molar refractivity (Wildman–Crippen MR) is 121 cm³/mol. The van der Waals surface area contributed by atoms with Gasteiger partial charge in [0.15, 0.2) is 0 Å². The van der Waals surface area contributed by atoms with Crippen LogP contribution in [-0.4, -0.2) is 62.0 Å². The second kappa shape index (κ2) is 10.8. The molecule has 0 radical (unpaired) electrons. The van der Waals surface area contributed by atoms with Gasteiger partial charge in [-0.1, -0.05) is 0 Å². The van der Waals surface area contributed by atoms with Crippen molar-refractivity contribution in [2.45, 2.75) is 32.2 Å². The molecule has 2 heterocycles. The smallest absolute Gasteiger partial charge is 0.302 e. The summed E-state index contributed by atoms with van der Waals surface area (Å²) in [5.74, 6) is 0.252. The van der Waals surface area contributed by atoms with Crippen LogP contribution < -0.4 is 20.1 Å². The predicted octanol–water partition coefficient (Wildman–Crippen LogP) is 2.00. The van der Waals surface area contributed by atoms with Crippen LogP contribution in [0.4, 0.5) is 5.82 Å². The van der Waals surface area contributed by atoms with E-state index in [1.807, 2.05) is 0 Å². The number of anilines is 1. The number of hydrogen-bond donors (Lipinski definition) is 2. The number of nitriles is 1. The number of ether oxygens (including phenoxy) is 3. The van der Waals surface area contributed by atoms with Crippen molar-refractivity contribution in [3.8, 4) is 17.6 Å². The molecule has 1 aliphatic heterocycles. The van der Waals surface area contributed by atoms with Gasteiger partial charge in [-0.2, -0.15) is 10.4 Å². The lowest BCUT2D eigenvalue weighted by molar-refractivity contribution is -0.140. The van der Waals surface area contributed by atoms with E-state index in [-0.39, 0.29) is 30.0 Å². The lowest BCUT2D eigenvalue weighted by Crippen LogP contribution is -2.20. The average molecular weight is 456 g/mol. The summed E-state index contributed by atoms with van der Waals surface area (Å²) >= 11 is 0. The van der Waals surface area contributed by atoms with Crippen LogP contribution >= 0.6 is 0 Å². The van der Waals surface area contributed by atoms with E-state index in [1.165, 1.54) is 28.1 Å². The number of rotatable bonds is 10. The van der Waals surface area contributed by atoms with Gasteiger partial charge in [-0.15, -0.1) is 0 Å². The molecule has 1 aromatic heterocycles. The number of aromatic nitrogens is 2. The molecule has 2 atom stereocenters. The van der Waals surface area contributed by atoms with Crippen LogP contribution in [0.2, 0.25) is 0 Å². The molecule has 10 nitrogen and oxygen atoms in total. The second-order valence-electron chi connectivity index (χ2n) is 7.77. The number of nitrogens with one attached hydrogen (secondary N) is 2. The van der Waals surface area contributed by atoms with Crippen LogP contribution in [0.3, 0.4) is 0 Å². The van der Waals surface area contributed by atoms with E-state index in [4.69, 9.17) is 19.3 Å². The number of benzene rings is 1. The lowest BCUT2D eigenvalue weighted by atomic mass is 9.89. The molecule has 176 valence electrons. The summed E-state index contributed by atoms with van der Waals surface area (Å²) in [6.45, 7) is 4.79. The maximum atomic E-state index is 12.9. The zero-order chi connectivity index (χ0) is 24.0. The first-order chi connectivity index (χ1) is 15.9. The minimum atomic E-state index is -0.784. The van der Waals surface area contributed by atoms with Gasteiger partial charge in [-0.05, 0) is 37.6 Å². The molecule has 1 aromatic carbocycles. The highest BCUT2D eigenvalue weighted by Gasteiger charge is 2.32. The molecule has 0 amide bonds. The van der Waals surface area contributed by atoms with E-state index in [9.17, 15) is 14.9 Å². The first kappa shape index (κ1) is 24.1. The van der Waals surface area contributed by atoms with Crippen molar-refractivity contribution < 1.29 is 23.8 Å². The molecule has 1 fully saturated rings. The van der Waals surface area contributed by atoms with E-state index < -0.39 is 5.92 Å². The quantitative estimate of drug-likeness (QED) is 0.408. The summed E-state index contributed by atoms with van der Waals surface area (Å²) in [5, 5.41) is 21.3. The van der Waals surface area contributed by atoms with E-state index >= 15 is 0 Å². The number of carbonyl (C=O) groups is 2. The number of methoxy groups -OCH3 is 2. The minimum Gasteiger partial charge on any atom is -0.497 e. The molecule has 0 saturated carbocycles. The highest BCUT2D eigenvalue weighted by Crippen LogP contribution is 2.36. The van der Waals surface area contributed by atoms with Crippen molar-refractivity contribution in [2.75, 3.05) is 45.8 Å². The standard InChI is InChI=1S/C23H29N5O5/c1-14(29)21(16-9-18(31-3)11-19(10-16)32-4)22-20(12-24)23(26-7-8-33-15(2)30)28(27-22)17-5-6-25-13-17/h9-11,17,21,25-26H,5-8,13H2,1-4H3. The fourth-order valence-corrected chi connectivity index (χ4v) is 3.99. The van der Waals surface area contributed by atoms with E-state index in [2.05, 4.69) is 16.7 Å². The van der Waals surface area contributed by atoms with Gasteiger partial charge in [0.05, 0.1) is 38.4 Å². The van der Waals surface area contributed by atoms with Gasteiger partial charge in [0.25, 0.3) is 0 Å². The molecule has 0 aliphatic carbocycles. The number of ketones is 1. The third-order valence-electron chi connectivity index (χ3n) is 5.52. The monoisotopic (exact) mass is 455 g/mol. The zero-order valence-corrected chi connectivity index (χ0v) is 19.3. The van der Waals surface area contributed by atoms with Crippen LogP contribution in [0, 0.1) is 11.3 Å². The maximum Gasteiger partial charge on any atom is 0.302 e. The Bertz CT molecular complexity index is 1030. The fraction of sp³-hybridized carbons (Fsp3) is 0.478. The molecule has 0 bridgehead atoms. The van der Waals surface area contributed by atoms with Gasteiger partial charge < -0.3 is 24.8 Å². The summed E-state index contributed by atoms with van der Waals surface area (Å²) in [4.78, 5) is 24.0. The lowest BCUT2D eigenvalue weighted by Gasteiger charge is -2.15. The number of esters is 1. The number of Topliss-reactive ketones (excluding diaryl/α,β-unsaturated/α-hetero) is 1. The van der Waals surface area contributed by atoms with E-state index in [1.54, 1.807) is 22.9 Å². The third kappa shape index (κ3) is 5.43. The van der Waals surface area contributed by atoms with Gasteiger partial charge in [-0.25, -0.2) is 4.68 Å². The molecule has 0 spiro atoms. The first-order valence-corrected chi connectivity index (χ1v) is 10.7. The van der Waals surface area contributed by atoms with E-state index in [0.29, 0.717) is 41.7 Å². The highest BCUT2D eigenvalue weighted by molar-refractivity contribution is 5.88. The van der Waals surface area contributed by atoms with Gasteiger partial charge in [-0.3, -0.25) is 9.59 Å². The zero-order valence-electron chi connectivity index (χ0n) is 19.3. The first-order valence-electron chi connectivity index (χ1n) is 10.7. The van der Waals surface area contributed by atoms with Crippen molar-refractivity contribution in [3.63, 3.8) is 0 Å². The van der Waals surface area contributed by atoms with Crippen molar-refractivity contribution in [1.82, 2.24) is 15.1 Å². The van der Waals surface area contributed by atoms with Gasteiger partial charge in [0, 0.05) is 19.5 Å². The van der Waals surface area contributed by atoms with Crippen molar-refractivity contribution in [3.05, 3.63) is 35.0 Å². The summed E-state index contributed by atoms with van der Waals surface area (Å²) < 4.78 is 17.5. The third-order valence-corrected chi connectivity index (χ3v) is 5.52. The van der Waals surface area contributed by atoms with Crippen LogP contribution in [-0.2, 0) is 14.3 Å². The van der Waals surface area contributed by atoms with Crippen LogP contribution in [0.15, 0.2) is 18.2 Å². The molecule has 33 heavy (non-hydrogen) atoms. The normalized spacial score (nSPS) is 16.0. The largest absolute Gasteiger partial charge is 0.497 e. The fourth-order valence-electron chi connectivity index (χ4n) is 3.99. The molecule has 10 heteroatoms. The summed E-state index contributed by atoms with van der Waals surface area (Å²) in [7, 11) is 3.07. The average Bonchev–Trinajstić information content (AvgIpc) is 3.44. The van der Waals surface area contributed by atoms with Crippen LogP contribution in [0.5, 0.6) is 11.5 Å². The topological polar surface area (TPSA) is 128 Å². The van der Waals surface area contributed by atoms with Crippen LogP contribution in [0.25, 0.3) is 0 Å². The number of nitrogens with zero attached hydrogens (tertiary/aromatic N) is 3. The Morgan fingerprint density at radius 2 is 1.97 bits per heavy atom. The van der Waals surface area contributed by atoms with Crippen molar-refractivity contribution in [1.29, 1.82) is 5.26 Å². The Balaban J connectivity index is 2.09. The van der Waals surface area contributed by atoms with E-state index in [0.717, 1.165) is 13.0 Å². The van der Waals surface area contributed by atoms with Gasteiger partial charge >= 0.3 is 5.97 Å². The van der Waals surface area contributed by atoms with Gasteiger partial charge in [0.1, 0.15) is 41.3 Å². The Morgan fingerprint density at radius 1 is 1.27 bits per heavy atom. The second-order valence-corrected chi connectivity index (χ2v) is 7.77. The summed E-state index contributed by atoms with van der Waals surface area (Å²) in [5.41, 5.74) is 1.27. The summed E-state index contributed by atoms with van der Waals surface area (Å²) in [6.07, 6.45) is 0.836.